The number of unbranched alkanes of at least 4 members (excludes halogenated alkanes) is 1. The first-order valence-electron chi connectivity index (χ1n) is 14.8. The molecule has 0 aliphatic carbocycles. The fourth-order valence-electron chi connectivity index (χ4n) is 4.80. The number of imidazole rings is 1. The Morgan fingerprint density at radius 2 is 1.77 bits per heavy atom. The van der Waals surface area contributed by atoms with E-state index >= 15 is 0 Å². The third-order valence-corrected chi connectivity index (χ3v) is 8.42. The van der Waals surface area contributed by atoms with Crippen molar-refractivity contribution in [3.05, 3.63) is 60.4 Å². The first kappa shape index (κ1) is 32.4. The van der Waals surface area contributed by atoms with Gasteiger partial charge in [0.25, 0.3) is 0 Å². The first-order chi connectivity index (χ1) is 20.7. The second-order valence-corrected chi connectivity index (χ2v) is 12.3. The summed E-state index contributed by atoms with van der Waals surface area (Å²) in [6, 6.07) is 15.2. The zero-order chi connectivity index (χ0) is 31.0. The highest BCUT2D eigenvalue weighted by Gasteiger charge is 2.34. The number of anilines is 1. The molecule has 0 saturated heterocycles. The van der Waals surface area contributed by atoms with E-state index in [9.17, 15) is 9.36 Å². The van der Waals surface area contributed by atoms with E-state index in [1.807, 2.05) is 37.3 Å². The number of para-hydroxylation sites is 2. The van der Waals surface area contributed by atoms with Crippen LogP contribution in [0.1, 0.15) is 65.7 Å². The van der Waals surface area contributed by atoms with Crippen LogP contribution in [0.4, 0.5) is 5.82 Å². The van der Waals surface area contributed by atoms with Gasteiger partial charge in [-0.2, -0.15) is 5.09 Å². The number of nitrogens with zero attached hydrogens (tertiary/aromatic N) is 3. The average molecular weight is 612 g/mol. The SMILES string of the molecule is CCCC[C@H](CO[P@@](=O)(N[C@@H](C)C(=O)OC(C)C)Oc1ccccc1)n1c(COCC)nc2c(N)nc3ccccc3c21. The standard InChI is InChI=1S/C31H42N5O6P/c1-6-8-14-23(19-40-43(38,42-24-15-10-9-11-16-24)35-22(5)31(37)41-21(3)4)36-27(20-39-7-2)34-28-29(36)25-17-12-13-18-26(25)33-30(28)32/h9-13,15-18,21-23H,6-8,14,19-20H2,1-5H3,(H2,32,33)(H,35,38)/t22-,23+,43-/m0/s1. The van der Waals surface area contributed by atoms with Gasteiger partial charge < -0.3 is 24.3 Å². The van der Waals surface area contributed by atoms with Crippen LogP contribution in [0.5, 0.6) is 5.75 Å². The van der Waals surface area contributed by atoms with Crippen molar-refractivity contribution in [3.63, 3.8) is 0 Å². The molecule has 2 heterocycles. The van der Waals surface area contributed by atoms with Gasteiger partial charge in [0.1, 0.15) is 29.7 Å². The molecule has 0 bridgehead atoms. The predicted molar refractivity (Wildman–Crippen MR) is 168 cm³/mol. The monoisotopic (exact) mass is 611 g/mol. The van der Waals surface area contributed by atoms with Crippen molar-refractivity contribution >= 4 is 41.5 Å². The van der Waals surface area contributed by atoms with E-state index in [0.717, 1.165) is 29.3 Å². The second kappa shape index (κ2) is 14.8. The highest BCUT2D eigenvalue weighted by atomic mass is 31.2. The Hall–Kier alpha value is -3.50. The molecular weight excluding hydrogens is 569 g/mol. The van der Waals surface area contributed by atoms with Crippen molar-refractivity contribution in [1.29, 1.82) is 0 Å². The molecule has 0 radical (unpaired) electrons. The van der Waals surface area contributed by atoms with Crippen LogP contribution in [0.3, 0.4) is 0 Å². The number of esters is 1. The molecule has 0 spiro atoms. The summed E-state index contributed by atoms with van der Waals surface area (Å²) in [7, 11) is -4.09. The van der Waals surface area contributed by atoms with E-state index in [1.54, 1.807) is 45.0 Å². The Morgan fingerprint density at radius 1 is 1.05 bits per heavy atom. The number of carbonyl (C=O) groups is 1. The lowest BCUT2D eigenvalue weighted by atomic mass is 10.1. The van der Waals surface area contributed by atoms with Gasteiger partial charge in [-0.25, -0.2) is 14.5 Å². The zero-order valence-corrected chi connectivity index (χ0v) is 26.4. The molecule has 0 aliphatic rings. The van der Waals surface area contributed by atoms with Crippen molar-refractivity contribution in [3.8, 4) is 5.75 Å². The maximum absolute atomic E-state index is 14.3. The van der Waals surface area contributed by atoms with Crippen LogP contribution < -0.4 is 15.3 Å². The van der Waals surface area contributed by atoms with Crippen LogP contribution in [-0.2, 0) is 30.0 Å². The molecule has 0 saturated carbocycles. The molecule has 3 atom stereocenters. The predicted octanol–water partition coefficient (Wildman–Crippen LogP) is 6.57. The number of nitrogens with one attached hydrogen (secondary N) is 1. The molecule has 232 valence electrons. The summed E-state index contributed by atoms with van der Waals surface area (Å²) in [5.74, 6) is 0.750. The minimum absolute atomic E-state index is 0.00972. The summed E-state index contributed by atoms with van der Waals surface area (Å²) >= 11 is 0. The average Bonchev–Trinajstić information content (AvgIpc) is 3.36. The quantitative estimate of drug-likeness (QED) is 0.106. The van der Waals surface area contributed by atoms with Crippen molar-refractivity contribution < 1.29 is 27.9 Å². The number of hydrogen-bond acceptors (Lipinski definition) is 9. The summed E-state index contributed by atoms with van der Waals surface area (Å²) < 4.78 is 39.6. The number of rotatable bonds is 16. The van der Waals surface area contributed by atoms with Crippen LogP contribution in [0.15, 0.2) is 54.6 Å². The number of aromatic nitrogens is 3. The van der Waals surface area contributed by atoms with Crippen LogP contribution in [0.25, 0.3) is 21.9 Å². The lowest BCUT2D eigenvalue weighted by molar-refractivity contribution is -0.149. The number of pyridine rings is 1. The summed E-state index contributed by atoms with van der Waals surface area (Å²) in [5.41, 5.74) is 8.52. The minimum atomic E-state index is -4.09. The normalized spacial score (nSPS) is 14.6. The molecule has 2 aromatic heterocycles. The van der Waals surface area contributed by atoms with Crippen LogP contribution in [0, 0.1) is 0 Å². The van der Waals surface area contributed by atoms with Gasteiger partial charge in [0.05, 0.1) is 29.8 Å². The van der Waals surface area contributed by atoms with Crippen molar-refractivity contribution in [2.75, 3.05) is 18.9 Å². The Labute approximate surface area is 252 Å². The van der Waals surface area contributed by atoms with Gasteiger partial charge in [0.2, 0.25) is 0 Å². The summed E-state index contributed by atoms with van der Waals surface area (Å²) in [6.07, 6.45) is 2.16. The van der Waals surface area contributed by atoms with Crippen molar-refractivity contribution in [1.82, 2.24) is 19.6 Å². The maximum atomic E-state index is 14.3. The largest absolute Gasteiger partial charge is 0.462 e. The van der Waals surface area contributed by atoms with Crippen LogP contribution in [-0.4, -0.2) is 45.9 Å². The number of nitrogen functional groups attached to an aromatic ring is 1. The molecule has 0 unspecified atom stereocenters. The lowest BCUT2D eigenvalue weighted by Crippen LogP contribution is -2.36. The van der Waals surface area contributed by atoms with Gasteiger partial charge in [0, 0.05) is 12.0 Å². The molecule has 12 heteroatoms. The second-order valence-electron chi connectivity index (χ2n) is 10.6. The molecule has 4 aromatic rings. The van der Waals surface area contributed by atoms with E-state index < -0.39 is 19.8 Å². The minimum Gasteiger partial charge on any atom is -0.462 e. The van der Waals surface area contributed by atoms with Gasteiger partial charge in [-0.3, -0.25) is 9.32 Å². The number of benzene rings is 2. The fourth-order valence-corrected chi connectivity index (χ4v) is 6.33. The van der Waals surface area contributed by atoms with E-state index in [2.05, 4.69) is 21.6 Å². The number of nitrogens with two attached hydrogens (primary N) is 1. The van der Waals surface area contributed by atoms with Crippen LogP contribution >= 0.6 is 7.75 Å². The van der Waals surface area contributed by atoms with E-state index in [1.165, 1.54) is 0 Å². The molecule has 2 aromatic carbocycles. The Morgan fingerprint density at radius 3 is 2.47 bits per heavy atom. The molecule has 0 fully saturated rings. The van der Waals surface area contributed by atoms with Gasteiger partial charge in [0.15, 0.2) is 5.82 Å². The van der Waals surface area contributed by atoms with Crippen molar-refractivity contribution in [2.24, 2.45) is 0 Å². The highest BCUT2D eigenvalue weighted by Crippen LogP contribution is 2.46. The van der Waals surface area contributed by atoms with E-state index in [-0.39, 0.29) is 25.4 Å². The van der Waals surface area contributed by atoms with Gasteiger partial charge in [-0.1, -0.05) is 56.2 Å². The maximum Gasteiger partial charge on any atom is 0.459 e. The van der Waals surface area contributed by atoms with Crippen LogP contribution in [0.2, 0.25) is 0 Å². The molecule has 11 nitrogen and oxygen atoms in total. The number of ether oxygens (including phenoxy) is 2. The molecule has 4 rings (SSSR count). The third-order valence-electron chi connectivity index (χ3n) is 6.78. The zero-order valence-electron chi connectivity index (χ0n) is 25.5. The van der Waals surface area contributed by atoms with Crippen molar-refractivity contribution in [2.45, 2.75) is 78.7 Å². The summed E-state index contributed by atoms with van der Waals surface area (Å²) in [4.78, 5) is 22.1. The summed E-state index contributed by atoms with van der Waals surface area (Å²) in [5, 5.41) is 3.67. The Kier molecular flexibility index (Phi) is 11.2. The first-order valence-corrected chi connectivity index (χ1v) is 16.3. The van der Waals surface area contributed by atoms with E-state index in [4.69, 9.17) is 29.2 Å². The van der Waals surface area contributed by atoms with E-state index in [0.29, 0.717) is 35.9 Å². The van der Waals surface area contributed by atoms with Gasteiger partial charge in [-0.15, -0.1) is 0 Å². The number of fused-ring (bicyclic) bond motifs is 3. The lowest BCUT2D eigenvalue weighted by Gasteiger charge is -2.27. The topological polar surface area (TPSA) is 140 Å². The highest BCUT2D eigenvalue weighted by molar-refractivity contribution is 7.52. The van der Waals surface area contributed by atoms with Gasteiger partial charge >= 0.3 is 13.7 Å². The molecule has 43 heavy (non-hydrogen) atoms. The molecule has 0 amide bonds. The Balaban J connectivity index is 1.76. The fraction of sp³-hybridized carbons (Fsp3) is 0.452. The molecule has 0 aliphatic heterocycles. The molecule has 3 N–H and O–H groups in total. The van der Waals surface area contributed by atoms with Gasteiger partial charge in [-0.05, 0) is 52.3 Å². The number of carbonyl (C=O) groups excluding carboxylic acids is 1. The molecular formula is C31H42N5O6P. The Bertz CT molecular complexity index is 1560. The smallest absolute Gasteiger partial charge is 0.459 e. The third kappa shape index (κ3) is 8.12. The number of hydrogen-bond donors (Lipinski definition) is 2. The summed E-state index contributed by atoms with van der Waals surface area (Å²) in [6.45, 7) is 9.83.